The Balaban J connectivity index is 2.01. The van der Waals surface area contributed by atoms with Crippen molar-refractivity contribution in [2.75, 3.05) is 0 Å². The van der Waals surface area contributed by atoms with Gasteiger partial charge in [-0.05, 0) is 48.4 Å². The number of halogens is 2. The molecule has 0 amide bonds. The maximum atomic E-state index is 13.1. The van der Waals surface area contributed by atoms with Gasteiger partial charge in [0.25, 0.3) is 0 Å². The lowest BCUT2D eigenvalue weighted by molar-refractivity contribution is 0.567. The van der Waals surface area contributed by atoms with Crippen LogP contribution in [0.4, 0.5) is 4.39 Å². The zero-order valence-corrected chi connectivity index (χ0v) is 11.6. The van der Waals surface area contributed by atoms with Crippen molar-refractivity contribution in [3.05, 3.63) is 64.1 Å². The summed E-state index contributed by atoms with van der Waals surface area (Å²) in [6.07, 6.45) is 3.54. The molecule has 1 aromatic carbocycles. The van der Waals surface area contributed by atoms with Gasteiger partial charge in [0.05, 0.1) is 0 Å². The fraction of sp³-hybridized carbons (Fsp3) is 0.214. The van der Waals surface area contributed by atoms with E-state index in [2.05, 4.69) is 33.2 Å². The number of pyridine rings is 1. The van der Waals surface area contributed by atoms with Crippen LogP contribution in [0.5, 0.6) is 0 Å². The lowest BCUT2D eigenvalue weighted by atomic mass is 10.1. The molecule has 1 aromatic heterocycles. The maximum absolute atomic E-state index is 13.1. The third-order valence-corrected chi connectivity index (χ3v) is 3.59. The Labute approximate surface area is 114 Å². The molecule has 0 spiro atoms. The number of nitrogens with zero attached hydrogens (tertiary/aromatic N) is 1. The number of hydrogen-bond acceptors (Lipinski definition) is 2. The SMILES string of the molecule is C[C@@H](NCc1cc(F)ccc1Br)c1ccncc1. The minimum atomic E-state index is -0.216. The Hall–Kier alpha value is -1.26. The van der Waals surface area contributed by atoms with E-state index in [1.807, 2.05) is 12.1 Å². The Kier molecular flexibility index (Phi) is 4.44. The summed E-state index contributed by atoms with van der Waals surface area (Å²) in [6, 6.07) is 8.85. The van der Waals surface area contributed by atoms with Crippen molar-refractivity contribution < 1.29 is 4.39 Å². The number of nitrogens with one attached hydrogen (secondary N) is 1. The molecule has 1 heterocycles. The van der Waals surface area contributed by atoms with Crippen LogP contribution < -0.4 is 5.32 Å². The van der Waals surface area contributed by atoms with Crippen LogP contribution >= 0.6 is 15.9 Å². The Morgan fingerprint density at radius 1 is 1.28 bits per heavy atom. The molecule has 0 fully saturated rings. The molecule has 4 heteroatoms. The van der Waals surface area contributed by atoms with E-state index in [0.717, 1.165) is 15.6 Å². The van der Waals surface area contributed by atoms with Crippen LogP contribution in [0.3, 0.4) is 0 Å². The monoisotopic (exact) mass is 308 g/mol. The van der Waals surface area contributed by atoms with Gasteiger partial charge in [-0.1, -0.05) is 15.9 Å². The molecule has 0 aliphatic rings. The minimum absolute atomic E-state index is 0.197. The highest BCUT2D eigenvalue weighted by Crippen LogP contribution is 2.19. The lowest BCUT2D eigenvalue weighted by Crippen LogP contribution is -2.18. The topological polar surface area (TPSA) is 24.9 Å². The van der Waals surface area contributed by atoms with Crippen molar-refractivity contribution >= 4 is 15.9 Å². The quantitative estimate of drug-likeness (QED) is 0.928. The summed E-state index contributed by atoms with van der Waals surface area (Å²) in [7, 11) is 0. The molecule has 0 bridgehead atoms. The lowest BCUT2D eigenvalue weighted by Gasteiger charge is -2.14. The first kappa shape index (κ1) is 13.2. The van der Waals surface area contributed by atoms with Crippen molar-refractivity contribution in [3.63, 3.8) is 0 Å². The first-order valence-corrected chi connectivity index (χ1v) is 6.53. The molecule has 0 aliphatic heterocycles. The molecule has 0 unspecified atom stereocenters. The van der Waals surface area contributed by atoms with E-state index in [-0.39, 0.29) is 11.9 Å². The van der Waals surface area contributed by atoms with Gasteiger partial charge in [-0.3, -0.25) is 4.98 Å². The van der Waals surface area contributed by atoms with E-state index in [4.69, 9.17) is 0 Å². The predicted octanol–water partition coefficient (Wildman–Crippen LogP) is 3.83. The maximum Gasteiger partial charge on any atom is 0.123 e. The minimum Gasteiger partial charge on any atom is -0.306 e. The van der Waals surface area contributed by atoms with Crippen LogP contribution in [-0.2, 0) is 6.54 Å². The molecule has 2 aromatic rings. The van der Waals surface area contributed by atoms with E-state index in [9.17, 15) is 4.39 Å². The molecule has 94 valence electrons. The molecule has 2 rings (SSSR count). The summed E-state index contributed by atoms with van der Waals surface area (Å²) >= 11 is 3.42. The summed E-state index contributed by atoms with van der Waals surface area (Å²) < 4.78 is 14.1. The van der Waals surface area contributed by atoms with Crippen molar-refractivity contribution in [2.45, 2.75) is 19.5 Å². The van der Waals surface area contributed by atoms with Gasteiger partial charge in [0.1, 0.15) is 5.82 Å². The number of hydrogen-bond donors (Lipinski definition) is 1. The Morgan fingerprint density at radius 3 is 2.72 bits per heavy atom. The highest BCUT2D eigenvalue weighted by molar-refractivity contribution is 9.10. The summed E-state index contributed by atoms with van der Waals surface area (Å²) in [5, 5.41) is 3.36. The smallest absolute Gasteiger partial charge is 0.123 e. The molecule has 1 atom stereocenters. The first-order valence-electron chi connectivity index (χ1n) is 5.74. The Bertz CT molecular complexity index is 516. The molecule has 0 radical (unpaired) electrons. The van der Waals surface area contributed by atoms with Crippen LogP contribution in [0.15, 0.2) is 47.2 Å². The fourth-order valence-electron chi connectivity index (χ4n) is 1.71. The van der Waals surface area contributed by atoms with Crippen molar-refractivity contribution in [2.24, 2.45) is 0 Å². The van der Waals surface area contributed by atoms with Crippen molar-refractivity contribution in [1.82, 2.24) is 10.3 Å². The summed E-state index contributed by atoms with van der Waals surface area (Å²) in [5.74, 6) is -0.216. The second kappa shape index (κ2) is 6.07. The molecule has 0 saturated heterocycles. The predicted molar refractivity (Wildman–Crippen MR) is 73.6 cm³/mol. The zero-order valence-electron chi connectivity index (χ0n) is 10.0. The second-order valence-electron chi connectivity index (χ2n) is 4.12. The molecule has 2 nitrogen and oxygen atoms in total. The summed E-state index contributed by atoms with van der Waals surface area (Å²) in [4.78, 5) is 3.99. The molecule has 18 heavy (non-hydrogen) atoms. The normalized spacial score (nSPS) is 12.4. The fourth-order valence-corrected chi connectivity index (χ4v) is 2.10. The van der Waals surface area contributed by atoms with Gasteiger partial charge in [-0.25, -0.2) is 4.39 Å². The van der Waals surface area contributed by atoms with Crippen LogP contribution in [-0.4, -0.2) is 4.98 Å². The number of aromatic nitrogens is 1. The molecule has 0 aliphatic carbocycles. The van der Waals surface area contributed by atoms with Gasteiger partial charge in [0, 0.05) is 29.5 Å². The largest absolute Gasteiger partial charge is 0.306 e. The average molecular weight is 309 g/mol. The van der Waals surface area contributed by atoms with E-state index in [1.165, 1.54) is 12.1 Å². The Morgan fingerprint density at radius 2 is 2.00 bits per heavy atom. The zero-order chi connectivity index (χ0) is 13.0. The van der Waals surface area contributed by atoms with E-state index < -0.39 is 0 Å². The highest BCUT2D eigenvalue weighted by atomic mass is 79.9. The highest BCUT2D eigenvalue weighted by Gasteiger charge is 2.06. The number of rotatable bonds is 4. The van der Waals surface area contributed by atoms with Crippen LogP contribution in [0.1, 0.15) is 24.1 Å². The van der Waals surface area contributed by atoms with E-state index in [1.54, 1.807) is 18.5 Å². The van der Waals surface area contributed by atoms with Crippen LogP contribution in [0.2, 0.25) is 0 Å². The summed E-state index contributed by atoms with van der Waals surface area (Å²) in [6.45, 7) is 2.68. The van der Waals surface area contributed by atoms with E-state index in [0.29, 0.717) is 6.54 Å². The first-order chi connectivity index (χ1) is 8.66. The third-order valence-electron chi connectivity index (χ3n) is 2.81. The van der Waals surface area contributed by atoms with Gasteiger partial charge >= 0.3 is 0 Å². The standard InChI is InChI=1S/C14H14BrFN2/c1-10(11-4-6-17-7-5-11)18-9-12-8-13(16)2-3-14(12)15/h2-8,10,18H,9H2,1H3/t10-/m1/s1. The molecule has 0 saturated carbocycles. The second-order valence-corrected chi connectivity index (χ2v) is 4.97. The van der Waals surface area contributed by atoms with E-state index >= 15 is 0 Å². The molecular formula is C14H14BrFN2. The molecular weight excluding hydrogens is 295 g/mol. The summed E-state index contributed by atoms with van der Waals surface area (Å²) in [5.41, 5.74) is 2.08. The van der Waals surface area contributed by atoms with Crippen LogP contribution in [0, 0.1) is 5.82 Å². The van der Waals surface area contributed by atoms with Gasteiger partial charge in [-0.2, -0.15) is 0 Å². The molecule has 1 N–H and O–H groups in total. The van der Waals surface area contributed by atoms with Gasteiger partial charge in [-0.15, -0.1) is 0 Å². The van der Waals surface area contributed by atoms with Gasteiger partial charge in [0.15, 0.2) is 0 Å². The number of benzene rings is 1. The average Bonchev–Trinajstić information content (AvgIpc) is 2.40. The van der Waals surface area contributed by atoms with Gasteiger partial charge in [0.2, 0.25) is 0 Å². The third kappa shape index (κ3) is 3.37. The van der Waals surface area contributed by atoms with Crippen molar-refractivity contribution in [1.29, 1.82) is 0 Å². The van der Waals surface area contributed by atoms with Crippen molar-refractivity contribution in [3.8, 4) is 0 Å². The van der Waals surface area contributed by atoms with Crippen LogP contribution in [0.25, 0.3) is 0 Å². The van der Waals surface area contributed by atoms with Gasteiger partial charge < -0.3 is 5.32 Å².